The zero-order chi connectivity index (χ0) is 16.4. The third-order valence-corrected chi connectivity index (χ3v) is 3.85. The number of hydrogen-bond acceptors (Lipinski definition) is 5. The fourth-order valence-electron chi connectivity index (χ4n) is 2.76. The third kappa shape index (κ3) is 3.04. The molecule has 2 aromatic rings. The average molecular weight is 319 g/mol. The second-order valence-electron chi connectivity index (χ2n) is 5.47. The summed E-state index contributed by atoms with van der Waals surface area (Å²) in [5.74, 6) is 0.379. The molecule has 2 heterocycles. The highest BCUT2D eigenvalue weighted by Gasteiger charge is 2.32. The van der Waals surface area contributed by atoms with Gasteiger partial charge in [-0.3, -0.25) is 4.79 Å². The summed E-state index contributed by atoms with van der Waals surface area (Å²) >= 11 is 0. The fraction of sp³-hybridized carbons (Fsp3) is 0.438. The lowest BCUT2D eigenvalue weighted by Crippen LogP contribution is -2.29. The topological polar surface area (TPSA) is 68.5 Å². The Kier molecular flexibility index (Phi) is 4.27. The molecule has 0 N–H and O–H groups in total. The van der Waals surface area contributed by atoms with E-state index in [1.807, 2.05) is 0 Å². The van der Waals surface area contributed by atoms with Crippen molar-refractivity contribution in [2.24, 2.45) is 0 Å². The van der Waals surface area contributed by atoms with Crippen molar-refractivity contribution >= 4 is 5.91 Å². The first-order valence-corrected chi connectivity index (χ1v) is 7.61. The van der Waals surface area contributed by atoms with Gasteiger partial charge in [-0.2, -0.15) is 4.98 Å². The number of carbonyl (C=O) groups is 1. The molecular formula is C16H18FN3O3. The van der Waals surface area contributed by atoms with Crippen LogP contribution in [0.3, 0.4) is 0 Å². The summed E-state index contributed by atoms with van der Waals surface area (Å²) in [4.78, 5) is 18.6. The van der Waals surface area contributed by atoms with Crippen LogP contribution >= 0.6 is 0 Å². The second-order valence-corrected chi connectivity index (χ2v) is 5.47. The highest BCUT2D eigenvalue weighted by molar-refractivity contribution is 5.97. The minimum Gasteiger partial charge on any atom is -0.490 e. The number of aromatic nitrogens is 2. The Morgan fingerprint density at radius 1 is 1.52 bits per heavy atom. The largest absolute Gasteiger partial charge is 0.490 e. The Morgan fingerprint density at radius 3 is 3.04 bits per heavy atom. The predicted molar refractivity (Wildman–Crippen MR) is 79.9 cm³/mol. The zero-order valence-electron chi connectivity index (χ0n) is 13.1. The van der Waals surface area contributed by atoms with Gasteiger partial charge in [0.2, 0.25) is 5.89 Å². The summed E-state index contributed by atoms with van der Waals surface area (Å²) in [6.45, 7) is 4.84. The Labute approximate surface area is 133 Å². The smallest absolute Gasteiger partial charge is 0.257 e. The summed E-state index contributed by atoms with van der Waals surface area (Å²) in [5, 5.41) is 3.78. The maximum Gasteiger partial charge on any atom is 0.257 e. The molecule has 1 atom stereocenters. The summed E-state index contributed by atoms with van der Waals surface area (Å²) in [6.07, 6.45) is 0.743. The molecule has 1 saturated heterocycles. The molecule has 1 aliphatic rings. The monoisotopic (exact) mass is 319 g/mol. The van der Waals surface area contributed by atoms with Crippen LogP contribution in [0.5, 0.6) is 5.75 Å². The number of nitrogens with zero attached hydrogens (tertiary/aromatic N) is 3. The van der Waals surface area contributed by atoms with Gasteiger partial charge < -0.3 is 14.2 Å². The van der Waals surface area contributed by atoms with Gasteiger partial charge in [0.15, 0.2) is 17.4 Å². The number of ether oxygens (including phenoxy) is 1. The first kappa shape index (κ1) is 15.5. The van der Waals surface area contributed by atoms with E-state index in [4.69, 9.17) is 9.26 Å². The van der Waals surface area contributed by atoms with Crippen molar-refractivity contribution in [3.63, 3.8) is 0 Å². The molecule has 3 rings (SSSR count). The van der Waals surface area contributed by atoms with Gasteiger partial charge in [-0.15, -0.1) is 0 Å². The van der Waals surface area contributed by atoms with Crippen molar-refractivity contribution in [1.82, 2.24) is 15.0 Å². The van der Waals surface area contributed by atoms with Gasteiger partial charge in [0.05, 0.1) is 18.1 Å². The quantitative estimate of drug-likeness (QED) is 0.866. The second kappa shape index (κ2) is 6.36. The molecule has 1 aromatic carbocycles. The average Bonchev–Trinajstić information content (AvgIpc) is 3.17. The van der Waals surface area contributed by atoms with E-state index in [0.29, 0.717) is 31.4 Å². The Bertz CT molecular complexity index is 716. The minimum absolute atomic E-state index is 0.0112. The zero-order valence-corrected chi connectivity index (χ0v) is 13.1. The number of benzene rings is 1. The Morgan fingerprint density at radius 2 is 2.35 bits per heavy atom. The lowest BCUT2D eigenvalue weighted by molar-refractivity contribution is 0.0784. The van der Waals surface area contributed by atoms with E-state index in [0.717, 1.165) is 6.42 Å². The van der Waals surface area contributed by atoms with Gasteiger partial charge >= 0.3 is 0 Å². The molecular weight excluding hydrogens is 301 g/mol. The van der Waals surface area contributed by atoms with Crippen molar-refractivity contribution in [2.45, 2.75) is 26.2 Å². The maximum absolute atomic E-state index is 13.9. The van der Waals surface area contributed by atoms with Gasteiger partial charge in [0.25, 0.3) is 5.91 Å². The number of para-hydroxylation sites is 1. The number of rotatable bonds is 4. The molecule has 0 spiro atoms. The number of halogens is 1. The number of amides is 1. The van der Waals surface area contributed by atoms with Crippen LogP contribution in [0.15, 0.2) is 22.7 Å². The van der Waals surface area contributed by atoms with Crippen LogP contribution in [-0.4, -0.2) is 40.6 Å². The summed E-state index contributed by atoms with van der Waals surface area (Å²) in [5.41, 5.74) is 0.245. The predicted octanol–water partition coefficient (Wildman–Crippen LogP) is 2.55. The number of aryl methyl sites for hydroxylation is 1. The number of carbonyl (C=O) groups excluding carboxylic acids is 1. The van der Waals surface area contributed by atoms with Gasteiger partial charge in [-0.1, -0.05) is 11.2 Å². The van der Waals surface area contributed by atoms with E-state index in [1.54, 1.807) is 24.8 Å². The van der Waals surface area contributed by atoms with E-state index < -0.39 is 5.82 Å². The highest BCUT2D eigenvalue weighted by Crippen LogP contribution is 2.30. The maximum atomic E-state index is 13.9. The van der Waals surface area contributed by atoms with E-state index in [2.05, 4.69) is 10.1 Å². The van der Waals surface area contributed by atoms with Gasteiger partial charge in [-0.25, -0.2) is 4.39 Å². The van der Waals surface area contributed by atoms with Crippen molar-refractivity contribution in [1.29, 1.82) is 0 Å². The summed E-state index contributed by atoms with van der Waals surface area (Å²) in [7, 11) is 0. The molecule has 0 saturated carbocycles. The molecule has 1 aliphatic heterocycles. The number of likely N-dealkylation sites (tertiary alicyclic amines) is 1. The van der Waals surface area contributed by atoms with E-state index in [9.17, 15) is 9.18 Å². The molecule has 1 aromatic heterocycles. The lowest BCUT2D eigenvalue weighted by atomic mass is 10.1. The van der Waals surface area contributed by atoms with E-state index >= 15 is 0 Å². The van der Waals surface area contributed by atoms with Gasteiger partial charge in [0, 0.05) is 13.1 Å². The van der Waals surface area contributed by atoms with E-state index in [-0.39, 0.29) is 23.1 Å². The van der Waals surface area contributed by atoms with Crippen LogP contribution in [0.4, 0.5) is 4.39 Å². The van der Waals surface area contributed by atoms with Crippen LogP contribution in [0.25, 0.3) is 0 Å². The fourth-order valence-corrected chi connectivity index (χ4v) is 2.76. The molecule has 0 aliphatic carbocycles. The molecule has 1 amide bonds. The lowest BCUT2D eigenvalue weighted by Gasteiger charge is -2.18. The number of hydrogen-bond donors (Lipinski definition) is 0. The van der Waals surface area contributed by atoms with Crippen LogP contribution in [-0.2, 0) is 0 Å². The van der Waals surface area contributed by atoms with Crippen LogP contribution in [0.2, 0.25) is 0 Å². The highest BCUT2D eigenvalue weighted by atomic mass is 19.1. The molecule has 1 unspecified atom stereocenters. The first-order valence-electron chi connectivity index (χ1n) is 7.61. The Balaban J connectivity index is 1.78. The van der Waals surface area contributed by atoms with Crippen molar-refractivity contribution in [3.8, 4) is 5.75 Å². The molecule has 122 valence electrons. The molecule has 6 nitrogen and oxygen atoms in total. The van der Waals surface area contributed by atoms with Crippen molar-refractivity contribution < 1.29 is 18.4 Å². The summed E-state index contributed by atoms with van der Waals surface area (Å²) < 4.78 is 24.4. The molecule has 0 bridgehead atoms. The van der Waals surface area contributed by atoms with Crippen molar-refractivity contribution in [2.75, 3.05) is 19.7 Å². The normalized spacial score (nSPS) is 17.5. The Hall–Kier alpha value is -2.44. The first-order chi connectivity index (χ1) is 11.1. The van der Waals surface area contributed by atoms with Crippen LogP contribution < -0.4 is 4.74 Å². The summed E-state index contributed by atoms with van der Waals surface area (Å²) in [6, 6.07) is 4.39. The molecule has 7 heteroatoms. The van der Waals surface area contributed by atoms with Crippen LogP contribution in [0.1, 0.15) is 41.3 Å². The molecule has 23 heavy (non-hydrogen) atoms. The van der Waals surface area contributed by atoms with E-state index in [1.165, 1.54) is 12.1 Å². The van der Waals surface area contributed by atoms with Gasteiger partial charge in [0.1, 0.15) is 0 Å². The molecule has 1 fully saturated rings. The standard InChI is InChI=1S/C16H18FN3O3/c1-3-22-14-12(5-4-6-13(14)17)16(21)20-8-7-11(9-20)15-18-10(2)19-23-15/h4-6,11H,3,7-9H2,1-2H3. The minimum atomic E-state index is -0.527. The third-order valence-electron chi connectivity index (χ3n) is 3.85. The van der Waals surface area contributed by atoms with Crippen LogP contribution in [0, 0.1) is 12.7 Å². The van der Waals surface area contributed by atoms with Gasteiger partial charge in [-0.05, 0) is 32.4 Å². The van der Waals surface area contributed by atoms with Crippen molar-refractivity contribution in [3.05, 3.63) is 41.3 Å². The SMILES string of the molecule is CCOc1c(F)cccc1C(=O)N1CCC(c2nc(C)no2)C1. The molecule has 0 radical (unpaired) electrons.